The van der Waals surface area contributed by atoms with Crippen LogP contribution in [0.2, 0.25) is 0 Å². The highest BCUT2D eigenvalue weighted by Gasteiger charge is 2.15. The van der Waals surface area contributed by atoms with Crippen molar-refractivity contribution < 1.29 is 23.9 Å². The van der Waals surface area contributed by atoms with E-state index in [0.717, 1.165) is 0 Å². The fourth-order valence-electron chi connectivity index (χ4n) is 2.28. The SMILES string of the molecule is CCOc1ccc(NC(=O)CNC(=O)C(=O)Nc2ccc(NC(C)=O)cc2)cc1. The molecule has 9 nitrogen and oxygen atoms in total. The maximum absolute atomic E-state index is 11.9. The van der Waals surface area contributed by atoms with Crippen molar-refractivity contribution in [1.82, 2.24) is 5.32 Å². The topological polar surface area (TPSA) is 126 Å². The number of nitrogens with one attached hydrogen (secondary N) is 4. The summed E-state index contributed by atoms with van der Waals surface area (Å²) >= 11 is 0. The highest BCUT2D eigenvalue weighted by atomic mass is 16.5. The van der Waals surface area contributed by atoms with Gasteiger partial charge in [-0.25, -0.2) is 0 Å². The summed E-state index contributed by atoms with van der Waals surface area (Å²) in [4.78, 5) is 46.7. The fraction of sp³-hybridized carbons (Fsp3) is 0.200. The van der Waals surface area contributed by atoms with Gasteiger partial charge in [0.2, 0.25) is 11.8 Å². The number of amides is 4. The van der Waals surface area contributed by atoms with E-state index in [1.165, 1.54) is 19.1 Å². The summed E-state index contributed by atoms with van der Waals surface area (Å²) in [6.45, 7) is 3.43. The molecule has 29 heavy (non-hydrogen) atoms. The van der Waals surface area contributed by atoms with Crippen LogP contribution in [0, 0.1) is 0 Å². The van der Waals surface area contributed by atoms with Crippen LogP contribution in [0.3, 0.4) is 0 Å². The molecular formula is C20H22N4O5. The van der Waals surface area contributed by atoms with Crippen LogP contribution in [0.5, 0.6) is 5.75 Å². The van der Waals surface area contributed by atoms with E-state index in [1.54, 1.807) is 36.4 Å². The zero-order chi connectivity index (χ0) is 21.2. The van der Waals surface area contributed by atoms with E-state index >= 15 is 0 Å². The van der Waals surface area contributed by atoms with Crippen molar-refractivity contribution in [2.75, 3.05) is 29.1 Å². The first kappa shape index (κ1) is 21.4. The Morgan fingerprint density at radius 1 is 0.759 bits per heavy atom. The maximum atomic E-state index is 11.9. The number of benzene rings is 2. The number of anilines is 3. The van der Waals surface area contributed by atoms with Crippen molar-refractivity contribution in [1.29, 1.82) is 0 Å². The first-order valence-corrected chi connectivity index (χ1v) is 8.87. The van der Waals surface area contributed by atoms with Gasteiger partial charge in [0.05, 0.1) is 13.2 Å². The maximum Gasteiger partial charge on any atom is 0.313 e. The number of carbonyl (C=O) groups is 4. The molecule has 0 saturated heterocycles. The Morgan fingerprint density at radius 2 is 1.28 bits per heavy atom. The van der Waals surface area contributed by atoms with E-state index in [2.05, 4.69) is 21.3 Å². The summed E-state index contributed by atoms with van der Waals surface area (Å²) in [5.74, 6) is -1.87. The molecule has 0 radical (unpaired) electrons. The number of ether oxygens (including phenoxy) is 1. The van der Waals surface area contributed by atoms with E-state index in [4.69, 9.17) is 4.74 Å². The summed E-state index contributed by atoms with van der Waals surface area (Å²) in [7, 11) is 0. The normalized spacial score (nSPS) is 9.86. The van der Waals surface area contributed by atoms with Crippen molar-refractivity contribution in [2.24, 2.45) is 0 Å². The van der Waals surface area contributed by atoms with E-state index in [0.29, 0.717) is 29.4 Å². The molecule has 0 heterocycles. The summed E-state index contributed by atoms with van der Waals surface area (Å²) in [6, 6.07) is 13.0. The zero-order valence-corrected chi connectivity index (χ0v) is 16.1. The minimum atomic E-state index is -0.946. The van der Waals surface area contributed by atoms with Gasteiger partial charge in [0, 0.05) is 24.0 Å². The Labute approximate surface area is 167 Å². The van der Waals surface area contributed by atoms with Crippen molar-refractivity contribution >= 4 is 40.7 Å². The van der Waals surface area contributed by atoms with Gasteiger partial charge in [-0.1, -0.05) is 0 Å². The molecule has 2 aromatic carbocycles. The van der Waals surface area contributed by atoms with Gasteiger partial charge in [0.1, 0.15) is 5.75 Å². The average Bonchev–Trinajstić information content (AvgIpc) is 2.69. The summed E-state index contributed by atoms with van der Waals surface area (Å²) in [5.41, 5.74) is 1.47. The molecule has 0 saturated carbocycles. The molecule has 152 valence electrons. The Morgan fingerprint density at radius 3 is 1.83 bits per heavy atom. The third-order valence-electron chi connectivity index (χ3n) is 3.53. The molecule has 4 amide bonds. The molecular weight excluding hydrogens is 376 g/mol. The lowest BCUT2D eigenvalue weighted by molar-refractivity contribution is -0.136. The molecule has 2 rings (SSSR count). The predicted molar refractivity (Wildman–Crippen MR) is 109 cm³/mol. The lowest BCUT2D eigenvalue weighted by atomic mass is 10.2. The monoisotopic (exact) mass is 398 g/mol. The summed E-state index contributed by atoms with van der Waals surface area (Å²) in [5, 5.41) is 9.84. The molecule has 0 aromatic heterocycles. The second-order valence-electron chi connectivity index (χ2n) is 5.90. The van der Waals surface area contributed by atoms with Crippen LogP contribution in [0.25, 0.3) is 0 Å². The number of rotatable bonds is 7. The van der Waals surface area contributed by atoms with Gasteiger partial charge in [0.25, 0.3) is 0 Å². The minimum absolute atomic E-state index is 0.218. The van der Waals surface area contributed by atoms with Gasteiger partial charge in [-0.15, -0.1) is 0 Å². The molecule has 0 aliphatic rings. The third kappa shape index (κ3) is 7.33. The molecule has 9 heteroatoms. The van der Waals surface area contributed by atoms with Crippen molar-refractivity contribution in [3.05, 3.63) is 48.5 Å². The van der Waals surface area contributed by atoms with Crippen molar-refractivity contribution in [3.63, 3.8) is 0 Å². The Kier molecular flexibility index (Phi) is 7.72. The van der Waals surface area contributed by atoms with Gasteiger partial charge in [-0.05, 0) is 55.5 Å². The molecule has 2 aromatic rings. The highest BCUT2D eigenvalue weighted by Crippen LogP contribution is 2.15. The van der Waals surface area contributed by atoms with E-state index in [9.17, 15) is 19.2 Å². The molecule has 0 unspecified atom stereocenters. The predicted octanol–water partition coefficient (Wildman–Crippen LogP) is 1.74. The Balaban J connectivity index is 1.78. The number of carbonyl (C=O) groups excluding carboxylic acids is 4. The average molecular weight is 398 g/mol. The molecule has 0 aliphatic heterocycles. The van der Waals surface area contributed by atoms with E-state index in [1.807, 2.05) is 6.92 Å². The van der Waals surface area contributed by atoms with Gasteiger partial charge >= 0.3 is 11.8 Å². The molecule has 0 aliphatic carbocycles. The molecule has 0 bridgehead atoms. The van der Waals surface area contributed by atoms with Gasteiger partial charge in [-0.3, -0.25) is 19.2 Å². The van der Waals surface area contributed by atoms with Crippen LogP contribution in [-0.2, 0) is 19.2 Å². The standard InChI is InChI=1S/C20H22N4O5/c1-3-29-17-10-8-15(9-11-17)23-18(26)12-21-19(27)20(28)24-16-6-4-14(5-7-16)22-13(2)25/h4-11H,3,12H2,1-2H3,(H,21,27)(H,22,25)(H,23,26)(H,24,28). The van der Waals surface area contributed by atoms with Crippen LogP contribution in [-0.4, -0.2) is 36.8 Å². The second kappa shape index (κ2) is 10.5. The van der Waals surface area contributed by atoms with Crippen molar-refractivity contribution in [2.45, 2.75) is 13.8 Å². The lowest BCUT2D eigenvalue weighted by Gasteiger charge is -2.09. The van der Waals surface area contributed by atoms with Crippen molar-refractivity contribution in [3.8, 4) is 5.75 Å². The first-order chi connectivity index (χ1) is 13.9. The molecule has 0 atom stereocenters. The molecule has 0 spiro atoms. The van der Waals surface area contributed by atoms with Crippen LogP contribution in [0.1, 0.15) is 13.8 Å². The third-order valence-corrected chi connectivity index (χ3v) is 3.53. The number of hydrogen-bond donors (Lipinski definition) is 4. The van der Waals surface area contributed by atoms with Gasteiger partial charge in [0.15, 0.2) is 0 Å². The number of hydrogen-bond acceptors (Lipinski definition) is 5. The van der Waals surface area contributed by atoms with Crippen LogP contribution < -0.4 is 26.0 Å². The Bertz CT molecular complexity index is 879. The lowest BCUT2D eigenvalue weighted by Crippen LogP contribution is -2.39. The van der Waals surface area contributed by atoms with Crippen LogP contribution in [0.4, 0.5) is 17.1 Å². The van der Waals surface area contributed by atoms with Crippen LogP contribution in [0.15, 0.2) is 48.5 Å². The zero-order valence-electron chi connectivity index (χ0n) is 16.1. The van der Waals surface area contributed by atoms with Gasteiger partial charge < -0.3 is 26.0 Å². The Hall–Kier alpha value is -3.88. The highest BCUT2D eigenvalue weighted by molar-refractivity contribution is 6.39. The van der Waals surface area contributed by atoms with E-state index in [-0.39, 0.29) is 12.5 Å². The van der Waals surface area contributed by atoms with Gasteiger partial charge in [-0.2, -0.15) is 0 Å². The molecule has 4 N–H and O–H groups in total. The summed E-state index contributed by atoms with van der Waals surface area (Å²) < 4.78 is 5.31. The quantitative estimate of drug-likeness (QED) is 0.529. The minimum Gasteiger partial charge on any atom is -0.494 e. The van der Waals surface area contributed by atoms with Crippen LogP contribution >= 0.6 is 0 Å². The van der Waals surface area contributed by atoms with E-state index < -0.39 is 17.7 Å². The largest absolute Gasteiger partial charge is 0.494 e. The smallest absolute Gasteiger partial charge is 0.313 e. The summed E-state index contributed by atoms with van der Waals surface area (Å²) in [6.07, 6.45) is 0. The molecule has 0 fully saturated rings. The second-order valence-corrected chi connectivity index (χ2v) is 5.90. The fourth-order valence-corrected chi connectivity index (χ4v) is 2.28. The first-order valence-electron chi connectivity index (χ1n) is 8.87.